The molecule has 118 valence electrons. The van der Waals surface area contributed by atoms with Crippen LogP contribution in [0.15, 0.2) is 21.5 Å². The summed E-state index contributed by atoms with van der Waals surface area (Å²) in [5.41, 5.74) is 7.35. The van der Waals surface area contributed by atoms with Crippen molar-refractivity contribution in [1.82, 2.24) is 4.31 Å². The summed E-state index contributed by atoms with van der Waals surface area (Å²) in [7, 11) is -3.55. The Morgan fingerprint density at radius 2 is 2.19 bits per heavy atom. The van der Waals surface area contributed by atoms with E-state index in [0.717, 1.165) is 11.1 Å². The van der Waals surface area contributed by atoms with Crippen molar-refractivity contribution >= 4 is 26.0 Å². The minimum absolute atomic E-state index is 0.0974. The molecular formula is C14H21BrN2O3S. The van der Waals surface area contributed by atoms with Gasteiger partial charge in [-0.15, -0.1) is 0 Å². The number of rotatable bonds is 3. The molecule has 2 N–H and O–H groups in total. The average Bonchev–Trinajstić information content (AvgIpc) is 2.66. The highest BCUT2D eigenvalue weighted by atomic mass is 79.9. The lowest BCUT2D eigenvalue weighted by Crippen LogP contribution is -2.36. The van der Waals surface area contributed by atoms with E-state index in [1.807, 2.05) is 19.9 Å². The zero-order valence-corrected chi connectivity index (χ0v) is 14.7. The third kappa shape index (κ3) is 3.65. The SMILES string of the molecule is Cc1cc(CN)cc(S(=O)(=O)N2CCCOC(C)C2)c1Br. The van der Waals surface area contributed by atoms with Crippen LogP contribution in [0, 0.1) is 6.92 Å². The van der Waals surface area contributed by atoms with E-state index in [-0.39, 0.29) is 11.0 Å². The first-order chi connectivity index (χ1) is 9.86. The molecule has 21 heavy (non-hydrogen) atoms. The van der Waals surface area contributed by atoms with Crippen LogP contribution in [0.4, 0.5) is 0 Å². The van der Waals surface area contributed by atoms with E-state index in [9.17, 15) is 8.42 Å². The number of nitrogens with two attached hydrogens (primary N) is 1. The molecule has 1 atom stereocenters. The predicted molar refractivity (Wildman–Crippen MR) is 85.6 cm³/mol. The second kappa shape index (κ2) is 6.75. The largest absolute Gasteiger partial charge is 0.377 e. The quantitative estimate of drug-likeness (QED) is 0.875. The van der Waals surface area contributed by atoms with Crippen LogP contribution in [0.5, 0.6) is 0 Å². The van der Waals surface area contributed by atoms with Crippen molar-refractivity contribution in [2.24, 2.45) is 5.73 Å². The minimum atomic E-state index is -3.55. The van der Waals surface area contributed by atoms with Crippen LogP contribution < -0.4 is 5.73 Å². The zero-order chi connectivity index (χ0) is 15.6. The summed E-state index contributed by atoms with van der Waals surface area (Å²) in [6, 6.07) is 3.56. The maximum absolute atomic E-state index is 12.9. The van der Waals surface area contributed by atoms with Crippen LogP contribution in [-0.2, 0) is 21.3 Å². The van der Waals surface area contributed by atoms with Gasteiger partial charge in [0, 0.05) is 30.7 Å². The maximum atomic E-state index is 12.9. The number of ether oxygens (including phenoxy) is 1. The first-order valence-electron chi connectivity index (χ1n) is 6.97. The first kappa shape index (κ1) is 16.9. The van der Waals surface area contributed by atoms with E-state index >= 15 is 0 Å². The molecule has 1 unspecified atom stereocenters. The Kier molecular flexibility index (Phi) is 5.43. The molecule has 0 spiro atoms. The van der Waals surface area contributed by atoms with Crippen molar-refractivity contribution < 1.29 is 13.2 Å². The normalized spacial score (nSPS) is 21.2. The molecule has 0 radical (unpaired) electrons. The number of sulfonamides is 1. The summed E-state index contributed by atoms with van der Waals surface area (Å²) >= 11 is 3.40. The molecule has 1 aliphatic heterocycles. The lowest BCUT2D eigenvalue weighted by atomic mass is 10.1. The molecule has 2 rings (SSSR count). The molecule has 0 aromatic heterocycles. The van der Waals surface area contributed by atoms with Gasteiger partial charge < -0.3 is 10.5 Å². The predicted octanol–water partition coefficient (Wildman–Crippen LogP) is 2.02. The third-order valence-corrected chi connectivity index (χ3v) is 6.75. The topological polar surface area (TPSA) is 72.6 Å². The molecule has 5 nitrogen and oxygen atoms in total. The summed E-state index contributed by atoms with van der Waals surface area (Å²) in [6.07, 6.45) is 0.608. The first-order valence-corrected chi connectivity index (χ1v) is 9.20. The smallest absolute Gasteiger partial charge is 0.244 e. The van der Waals surface area contributed by atoms with Gasteiger partial charge >= 0.3 is 0 Å². The fourth-order valence-corrected chi connectivity index (χ4v) is 5.01. The van der Waals surface area contributed by atoms with Gasteiger partial charge in [-0.05, 0) is 53.4 Å². The van der Waals surface area contributed by atoms with Gasteiger partial charge in [0.1, 0.15) is 0 Å². The highest BCUT2D eigenvalue weighted by Gasteiger charge is 2.30. The van der Waals surface area contributed by atoms with Gasteiger partial charge in [0.2, 0.25) is 10.0 Å². The molecule has 1 aromatic carbocycles. The maximum Gasteiger partial charge on any atom is 0.244 e. The van der Waals surface area contributed by atoms with Gasteiger partial charge in [-0.3, -0.25) is 0 Å². The Labute approximate surface area is 134 Å². The molecule has 0 bridgehead atoms. The van der Waals surface area contributed by atoms with Crippen LogP contribution in [0.25, 0.3) is 0 Å². The zero-order valence-electron chi connectivity index (χ0n) is 12.3. The van der Waals surface area contributed by atoms with Crippen molar-refractivity contribution in [3.63, 3.8) is 0 Å². The molecule has 7 heteroatoms. The van der Waals surface area contributed by atoms with Crippen LogP contribution in [0.2, 0.25) is 0 Å². The van der Waals surface area contributed by atoms with Crippen molar-refractivity contribution in [3.8, 4) is 0 Å². The van der Waals surface area contributed by atoms with Gasteiger partial charge in [0.25, 0.3) is 0 Å². The molecule has 1 aliphatic rings. The fourth-order valence-electron chi connectivity index (χ4n) is 2.43. The standard InChI is InChI=1S/C14H21BrN2O3S/c1-10-6-12(8-16)7-13(14(10)15)21(18,19)17-4-3-5-20-11(2)9-17/h6-7,11H,3-5,8-9,16H2,1-2H3. The number of hydrogen-bond acceptors (Lipinski definition) is 4. The Bertz CT molecular complexity index is 619. The molecule has 0 aliphatic carbocycles. The van der Waals surface area contributed by atoms with E-state index in [1.165, 1.54) is 4.31 Å². The van der Waals surface area contributed by atoms with E-state index in [0.29, 0.717) is 37.1 Å². The highest BCUT2D eigenvalue weighted by Crippen LogP contribution is 2.30. The number of nitrogens with zero attached hydrogens (tertiary/aromatic N) is 1. The molecule has 0 saturated carbocycles. The molecular weight excluding hydrogens is 356 g/mol. The van der Waals surface area contributed by atoms with E-state index in [2.05, 4.69) is 15.9 Å². The lowest BCUT2D eigenvalue weighted by Gasteiger charge is -2.23. The van der Waals surface area contributed by atoms with Gasteiger partial charge in [-0.25, -0.2) is 8.42 Å². The molecule has 1 fully saturated rings. The molecule has 1 heterocycles. The van der Waals surface area contributed by atoms with Crippen molar-refractivity contribution in [2.75, 3.05) is 19.7 Å². The Hall–Kier alpha value is -0.470. The van der Waals surface area contributed by atoms with Gasteiger partial charge in [0.15, 0.2) is 0 Å². The Balaban J connectivity index is 2.45. The second-order valence-corrected chi connectivity index (χ2v) is 8.03. The van der Waals surface area contributed by atoms with Crippen LogP contribution >= 0.6 is 15.9 Å². The van der Waals surface area contributed by atoms with Crippen molar-refractivity contribution in [1.29, 1.82) is 0 Å². The number of benzene rings is 1. The molecule has 0 amide bonds. The number of halogens is 1. The Morgan fingerprint density at radius 3 is 2.86 bits per heavy atom. The average molecular weight is 377 g/mol. The Morgan fingerprint density at radius 1 is 1.48 bits per heavy atom. The second-order valence-electron chi connectivity index (χ2n) is 5.33. The fraction of sp³-hybridized carbons (Fsp3) is 0.571. The van der Waals surface area contributed by atoms with Crippen LogP contribution in [0.3, 0.4) is 0 Å². The van der Waals surface area contributed by atoms with Crippen LogP contribution in [-0.4, -0.2) is 38.5 Å². The lowest BCUT2D eigenvalue weighted by molar-refractivity contribution is 0.0752. The number of hydrogen-bond donors (Lipinski definition) is 1. The summed E-state index contributed by atoms with van der Waals surface area (Å²) in [6.45, 7) is 5.53. The third-order valence-electron chi connectivity index (χ3n) is 3.55. The summed E-state index contributed by atoms with van der Waals surface area (Å²) in [4.78, 5) is 0.289. The molecule has 1 aromatic rings. The monoisotopic (exact) mass is 376 g/mol. The summed E-state index contributed by atoms with van der Waals surface area (Å²) in [5, 5.41) is 0. The van der Waals surface area contributed by atoms with Crippen molar-refractivity contribution in [3.05, 3.63) is 27.7 Å². The number of aryl methyl sites for hydroxylation is 1. The van der Waals surface area contributed by atoms with Crippen LogP contribution in [0.1, 0.15) is 24.5 Å². The molecule has 1 saturated heterocycles. The van der Waals surface area contributed by atoms with Crippen molar-refractivity contribution in [2.45, 2.75) is 37.8 Å². The van der Waals surface area contributed by atoms with Gasteiger partial charge in [-0.1, -0.05) is 6.07 Å². The highest BCUT2D eigenvalue weighted by molar-refractivity contribution is 9.10. The van der Waals surface area contributed by atoms with Gasteiger partial charge in [0.05, 0.1) is 11.0 Å². The van der Waals surface area contributed by atoms with E-state index < -0.39 is 10.0 Å². The summed E-state index contributed by atoms with van der Waals surface area (Å²) < 4.78 is 33.5. The minimum Gasteiger partial charge on any atom is -0.377 e. The van der Waals surface area contributed by atoms with E-state index in [1.54, 1.807) is 6.07 Å². The summed E-state index contributed by atoms with van der Waals surface area (Å²) in [5.74, 6) is 0. The van der Waals surface area contributed by atoms with Gasteiger partial charge in [-0.2, -0.15) is 4.31 Å². The van der Waals surface area contributed by atoms with E-state index in [4.69, 9.17) is 10.5 Å².